The summed E-state index contributed by atoms with van der Waals surface area (Å²) in [4.78, 5) is 26.7. The van der Waals surface area contributed by atoms with Crippen molar-refractivity contribution >= 4 is 39.9 Å². The van der Waals surface area contributed by atoms with Crippen molar-refractivity contribution in [3.63, 3.8) is 0 Å². The van der Waals surface area contributed by atoms with Gasteiger partial charge in [0.1, 0.15) is 11.5 Å². The quantitative estimate of drug-likeness (QED) is 0.341. The van der Waals surface area contributed by atoms with Gasteiger partial charge in [0.05, 0.1) is 11.5 Å². The van der Waals surface area contributed by atoms with Crippen molar-refractivity contribution in [2.24, 2.45) is 16.7 Å². The SMILES string of the molecule is C=C1C(C(C)=O)=C(O)C[C@@]2(C)C[C@@]3(C)Cc4c(CC)cc(-c5ccc(I)c(C)c5)c(C)c4C(O)=C3C(=O)[C@@H]12. The number of aliphatic hydroxyl groups is 2. The van der Waals surface area contributed by atoms with Crippen LogP contribution in [0.4, 0.5) is 0 Å². The van der Waals surface area contributed by atoms with E-state index in [0.29, 0.717) is 24.0 Å². The Morgan fingerprint density at radius 2 is 1.84 bits per heavy atom. The van der Waals surface area contributed by atoms with Crippen LogP contribution in [-0.4, -0.2) is 21.8 Å². The van der Waals surface area contributed by atoms with Gasteiger partial charge in [0.25, 0.3) is 0 Å². The monoisotopic (exact) mass is 622 g/mol. The fraction of sp³-hybridized carbons (Fsp3) is 0.394. The van der Waals surface area contributed by atoms with Gasteiger partial charge in [0, 0.05) is 26.5 Å². The number of allylic oxidation sites excluding steroid dienone is 4. The van der Waals surface area contributed by atoms with E-state index in [1.54, 1.807) is 0 Å². The topological polar surface area (TPSA) is 74.6 Å². The van der Waals surface area contributed by atoms with Crippen molar-refractivity contribution in [2.45, 2.75) is 67.2 Å². The van der Waals surface area contributed by atoms with Gasteiger partial charge in [-0.15, -0.1) is 0 Å². The molecule has 5 heteroatoms. The smallest absolute Gasteiger partial charge is 0.171 e. The Kier molecular flexibility index (Phi) is 6.33. The van der Waals surface area contributed by atoms with Gasteiger partial charge >= 0.3 is 0 Å². The van der Waals surface area contributed by atoms with E-state index in [-0.39, 0.29) is 35.1 Å². The highest BCUT2D eigenvalue weighted by atomic mass is 127. The summed E-state index contributed by atoms with van der Waals surface area (Å²) in [5, 5.41) is 22.8. The number of aliphatic hydroxyl groups excluding tert-OH is 2. The zero-order valence-corrected chi connectivity index (χ0v) is 25.2. The van der Waals surface area contributed by atoms with Crippen LogP contribution in [0, 0.1) is 34.2 Å². The molecule has 2 aromatic carbocycles. The first-order valence-electron chi connectivity index (χ1n) is 13.3. The maximum Gasteiger partial charge on any atom is 0.171 e. The molecule has 1 saturated carbocycles. The van der Waals surface area contributed by atoms with E-state index in [2.05, 4.69) is 74.2 Å². The molecule has 0 spiro atoms. The summed E-state index contributed by atoms with van der Waals surface area (Å²) < 4.78 is 1.20. The molecule has 0 heterocycles. The third kappa shape index (κ3) is 3.75. The van der Waals surface area contributed by atoms with E-state index in [4.69, 9.17) is 0 Å². The lowest BCUT2D eigenvalue weighted by Gasteiger charge is -2.54. The molecular weight excluding hydrogens is 587 g/mol. The third-order valence-corrected chi connectivity index (χ3v) is 10.4. The molecule has 1 fully saturated rings. The molecule has 3 atom stereocenters. The Balaban J connectivity index is 1.74. The lowest BCUT2D eigenvalue weighted by Crippen LogP contribution is -2.52. The predicted molar refractivity (Wildman–Crippen MR) is 160 cm³/mol. The van der Waals surface area contributed by atoms with Crippen molar-refractivity contribution in [1.82, 2.24) is 0 Å². The van der Waals surface area contributed by atoms with Gasteiger partial charge in [-0.1, -0.05) is 45.5 Å². The Hall–Kier alpha value is -2.67. The maximum absolute atomic E-state index is 14.3. The highest BCUT2D eigenvalue weighted by molar-refractivity contribution is 14.1. The van der Waals surface area contributed by atoms with Crippen molar-refractivity contribution in [2.75, 3.05) is 0 Å². The number of halogens is 1. The summed E-state index contributed by atoms with van der Waals surface area (Å²) in [5.41, 5.74) is 7.18. The Bertz CT molecular complexity index is 1520. The average molecular weight is 623 g/mol. The molecule has 198 valence electrons. The van der Waals surface area contributed by atoms with Crippen LogP contribution < -0.4 is 0 Å². The first-order valence-corrected chi connectivity index (χ1v) is 14.3. The van der Waals surface area contributed by atoms with Gasteiger partial charge in [-0.25, -0.2) is 0 Å². The first kappa shape index (κ1) is 26.9. The molecule has 0 aromatic heterocycles. The Morgan fingerprint density at radius 1 is 1.16 bits per heavy atom. The fourth-order valence-electron chi connectivity index (χ4n) is 7.72. The van der Waals surface area contributed by atoms with E-state index >= 15 is 0 Å². The Morgan fingerprint density at radius 3 is 2.45 bits per heavy atom. The zero-order chi connectivity index (χ0) is 27.9. The van der Waals surface area contributed by atoms with E-state index < -0.39 is 16.7 Å². The fourth-order valence-corrected chi connectivity index (χ4v) is 8.06. The normalized spacial score (nSPS) is 26.8. The number of carbonyl (C=O) groups is 2. The van der Waals surface area contributed by atoms with Gasteiger partial charge in [-0.2, -0.15) is 0 Å². The van der Waals surface area contributed by atoms with Crippen LogP contribution in [0.1, 0.15) is 68.4 Å². The minimum absolute atomic E-state index is 0.0214. The highest BCUT2D eigenvalue weighted by Gasteiger charge is 2.59. The Labute approximate surface area is 238 Å². The summed E-state index contributed by atoms with van der Waals surface area (Å²) in [6.45, 7) is 15.9. The number of benzene rings is 2. The van der Waals surface area contributed by atoms with Crippen LogP contribution in [0.5, 0.6) is 0 Å². The molecule has 0 bridgehead atoms. The number of aryl methyl sites for hydroxylation is 2. The summed E-state index contributed by atoms with van der Waals surface area (Å²) in [5.74, 6) is -1.03. The molecule has 4 nitrogen and oxygen atoms in total. The van der Waals surface area contributed by atoms with Crippen molar-refractivity contribution in [3.05, 3.63) is 84.7 Å². The van der Waals surface area contributed by atoms with Gasteiger partial charge in [0.2, 0.25) is 0 Å². The summed E-state index contributed by atoms with van der Waals surface area (Å²) in [6.07, 6.45) is 2.30. The second-order valence-corrected chi connectivity index (χ2v) is 13.2. The lowest BCUT2D eigenvalue weighted by molar-refractivity contribution is -0.127. The average Bonchev–Trinajstić information content (AvgIpc) is 2.79. The van der Waals surface area contributed by atoms with Gasteiger partial charge < -0.3 is 10.2 Å². The summed E-state index contributed by atoms with van der Waals surface area (Å²) >= 11 is 2.34. The minimum Gasteiger partial charge on any atom is -0.512 e. The molecule has 0 saturated heterocycles. The second-order valence-electron chi connectivity index (χ2n) is 12.0. The number of Topliss-reactive ketones (excluding diaryl/α,β-unsaturated/α-hetero) is 2. The predicted octanol–water partition coefficient (Wildman–Crippen LogP) is 7.93. The van der Waals surface area contributed by atoms with Crippen LogP contribution in [0.2, 0.25) is 0 Å². The van der Waals surface area contributed by atoms with Crippen LogP contribution in [0.25, 0.3) is 16.9 Å². The first-order chi connectivity index (χ1) is 17.7. The molecule has 2 aromatic rings. The lowest BCUT2D eigenvalue weighted by atomic mass is 9.48. The molecule has 0 radical (unpaired) electrons. The molecule has 0 amide bonds. The molecule has 3 aliphatic carbocycles. The van der Waals surface area contributed by atoms with Crippen LogP contribution in [-0.2, 0) is 22.4 Å². The van der Waals surface area contributed by atoms with Gasteiger partial charge in [0.15, 0.2) is 11.6 Å². The largest absolute Gasteiger partial charge is 0.512 e. The molecule has 38 heavy (non-hydrogen) atoms. The number of carbonyl (C=O) groups excluding carboxylic acids is 2. The number of rotatable bonds is 3. The molecule has 3 aliphatic rings. The van der Waals surface area contributed by atoms with Gasteiger partial charge in [-0.3, -0.25) is 9.59 Å². The molecule has 5 rings (SSSR count). The van der Waals surface area contributed by atoms with E-state index in [1.165, 1.54) is 21.6 Å². The van der Waals surface area contributed by atoms with Crippen LogP contribution >= 0.6 is 22.6 Å². The minimum atomic E-state index is -0.656. The van der Waals surface area contributed by atoms with E-state index in [1.807, 2.05) is 13.8 Å². The number of hydrogen-bond acceptors (Lipinski definition) is 4. The van der Waals surface area contributed by atoms with Crippen molar-refractivity contribution in [3.8, 4) is 11.1 Å². The van der Waals surface area contributed by atoms with Crippen LogP contribution in [0.3, 0.4) is 0 Å². The molecule has 0 unspecified atom stereocenters. The summed E-state index contributed by atoms with van der Waals surface area (Å²) in [7, 11) is 0. The van der Waals surface area contributed by atoms with Crippen molar-refractivity contribution < 1.29 is 19.8 Å². The molecule has 0 aliphatic heterocycles. The number of fused-ring (bicyclic) bond motifs is 3. The molecular formula is C33H35IO4. The maximum atomic E-state index is 14.3. The standard InChI is InChI=1S/C33H35IO4/c1-8-20-12-22(21-9-10-24(34)16(2)11-21)17(3)27-23(20)13-32(6)15-33(7)14-25(36)26(19(5)35)18(4)28(33)31(38)29(32)30(27)37/h9-12,28,36-37H,4,8,13-15H2,1-3,5-7H3/t28-,32-,33+/m1/s1. The van der Waals surface area contributed by atoms with Crippen molar-refractivity contribution in [1.29, 1.82) is 0 Å². The third-order valence-electron chi connectivity index (χ3n) is 9.16. The number of ketones is 2. The van der Waals surface area contributed by atoms with E-state index in [9.17, 15) is 19.8 Å². The van der Waals surface area contributed by atoms with Crippen LogP contribution in [0.15, 0.2) is 53.3 Å². The number of hydrogen-bond donors (Lipinski definition) is 2. The second kappa shape index (κ2) is 8.94. The zero-order valence-electron chi connectivity index (χ0n) is 23.0. The highest BCUT2D eigenvalue weighted by Crippen LogP contribution is 2.62. The molecule has 2 N–H and O–H groups in total. The van der Waals surface area contributed by atoms with Gasteiger partial charge in [-0.05, 0) is 113 Å². The van der Waals surface area contributed by atoms with E-state index in [0.717, 1.165) is 34.2 Å². The summed E-state index contributed by atoms with van der Waals surface area (Å²) in [6, 6.07) is 8.66.